The van der Waals surface area contributed by atoms with E-state index in [1.807, 2.05) is 27.4 Å². The Morgan fingerprint density at radius 1 is 1.38 bits per heavy atom. The van der Waals surface area contributed by atoms with Crippen molar-refractivity contribution >= 4 is 18.2 Å². The Kier molecular flexibility index (Phi) is 5.11. The summed E-state index contributed by atoms with van der Waals surface area (Å²) in [6.45, 7) is 4.65. The topological polar surface area (TPSA) is 53.5 Å². The van der Waals surface area contributed by atoms with E-state index in [-0.39, 0.29) is 11.9 Å². The summed E-state index contributed by atoms with van der Waals surface area (Å²) in [6.07, 6.45) is 3.49. The lowest BCUT2D eigenvalue weighted by molar-refractivity contribution is -0.929. The van der Waals surface area contributed by atoms with Crippen molar-refractivity contribution in [2.45, 2.75) is 26.4 Å². The molecule has 1 aliphatic rings. The van der Waals surface area contributed by atoms with Crippen molar-refractivity contribution in [2.75, 3.05) is 20.2 Å². The number of ether oxygens (including phenoxy) is 1. The minimum absolute atomic E-state index is 0.0382. The number of nitrogens with zero attached hydrogens (tertiary/aromatic N) is 3. The lowest BCUT2D eigenvalue weighted by Crippen LogP contribution is -3.12. The summed E-state index contributed by atoms with van der Waals surface area (Å²) in [5.74, 6) is -0.0502. The number of para-hydroxylation sites is 1. The number of quaternary nitrogens is 1. The molecule has 128 valence electrons. The van der Waals surface area contributed by atoms with Gasteiger partial charge in [0.25, 0.3) is 0 Å². The predicted octanol–water partition coefficient (Wildman–Crippen LogP) is 1.14. The summed E-state index contributed by atoms with van der Waals surface area (Å²) in [7, 11) is 1.46. The van der Waals surface area contributed by atoms with Crippen LogP contribution in [0.5, 0.6) is 0 Å². The number of likely N-dealkylation sites (tertiary alicyclic amines) is 1. The average molecular weight is 347 g/mol. The van der Waals surface area contributed by atoms with Gasteiger partial charge < -0.3 is 9.64 Å². The zero-order valence-electron chi connectivity index (χ0n) is 14.1. The number of benzene rings is 1. The van der Waals surface area contributed by atoms with Crippen LogP contribution in [0, 0.1) is 17.6 Å². The highest BCUT2D eigenvalue weighted by molar-refractivity contribution is 7.71. The SMILES string of the molecule is COC(=O)C1CC[NH+](Cn2ncn(-c3ccccc3C)c2=S)CC1. The number of piperidine rings is 1. The normalized spacial score (nSPS) is 20.8. The molecule has 1 aliphatic heterocycles. The van der Waals surface area contributed by atoms with Gasteiger partial charge in [0.05, 0.1) is 31.8 Å². The molecule has 2 aromatic rings. The van der Waals surface area contributed by atoms with Crippen molar-refractivity contribution in [2.24, 2.45) is 5.92 Å². The zero-order chi connectivity index (χ0) is 17.1. The maximum Gasteiger partial charge on any atom is 0.309 e. The third-order valence-corrected chi connectivity index (χ3v) is 5.12. The Balaban J connectivity index is 1.69. The number of aromatic nitrogens is 3. The van der Waals surface area contributed by atoms with Gasteiger partial charge in [-0.3, -0.25) is 9.36 Å². The molecule has 0 spiro atoms. The van der Waals surface area contributed by atoms with Gasteiger partial charge in [-0.05, 0) is 30.8 Å². The number of esters is 1. The summed E-state index contributed by atoms with van der Waals surface area (Å²) in [6, 6.07) is 8.13. The first-order valence-electron chi connectivity index (χ1n) is 8.22. The summed E-state index contributed by atoms with van der Waals surface area (Å²) in [5, 5.41) is 4.46. The van der Waals surface area contributed by atoms with Crippen LogP contribution in [0.15, 0.2) is 30.6 Å². The van der Waals surface area contributed by atoms with E-state index in [9.17, 15) is 4.79 Å². The Morgan fingerprint density at radius 2 is 2.08 bits per heavy atom. The molecule has 2 heterocycles. The molecule has 24 heavy (non-hydrogen) atoms. The van der Waals surface area contributed by atoms with E-state index >= 15 is 0 Å². The molecule has 6 nitrogen and oxygen atoms in total. The molecule has 0 unspecified atom stereocenters. The van der Waals surface area contributed by atoms with Gasteiger partial charge >= 0.3 is 5.97 Å². The summed E-state index contributed by atoms with van der Waals surface area (Å²) >= 11 is 5.59. The van der Waals surface area contributed by atoms with Crippen molar-refractivity contribution in [1.29, 1.82) is 0 Å². The van der Waals surface area contributed by atoms with Crippen molar-refractivity contribution in [3.05, 3.63) is 40.9 Å². The number of hydrogen-bond donors (Lipinski definition) is 1. The fourth-order valence-corrected chi connectivity index (χ4v) is 3.50. The fraction of sp³-hybridized carbons (Fsp3) is 0.471. The standard InChI is InChI=1S/C17H22N4O2S/c1-13-5-3-4-6-15(13)20-11-18-21(17(20)24)12-19-9-7-14(8-10-19)16(22)23-2/h3-6,11,14H,7-10,12H2,1-2H3/p+1. The molecule has 1 saturated heterocycles. The third kappa shape index (κ3) is 3.42. The first-order chi connectivity index (χ1) is 11.6. The smallest absolute Gasteiger partial charge is 0.309 e. The molecule has 1 aromatic heterocycles. The van der Waals surface area contributed by atoms with Gasteiger partial charge in [-0.1, -0.05) is 18.2 Å². The van der Waals surface area contributed by atoms with Gasteiger partial charge in [0.2, 0.25) is 4.77 Å². The number of nitrogens with one attached hydrogen (secondary N) is 1. The van der Waals surface area contributed by atoms with Crippen molar-refractivity contribution in [3.63, 3.8) is 0 Å². The van der Waals surface area contributed by atoms with Crippen LogP contribution < -0.4 is 4.90 Å². The summed E-state index contributed by atoms with van der Waals surface area (Å²) < 4.78 is 9.36. The van der Waals surface area contributed by atoms with Crippen LogP contribution in [0.1, 0.15) is 18.4 Å². The second-order valence-electron chi connectivity index (χ2n) is 6.28. The highest BCUT2D eigenvalue weighted by Crippen LogP contribution is 2.14. The maximum absolute atomic E-state index is 11.6. The van der Waals surface area contributed by atoms with E-state index in [1.165, 1.54) is 17.6 Å². The molecule has 7 heteroatoms. The first-order valence-corrected chi connectivity index (χ1v) is 8.63. The second kappa shape index (κ2) is 7.27. The Labute approximate surface area is 146 Å². The van der Waals surface area contributed by atoms with Gasteiger partial charge in [-0.2, -0.15) is 9.78 Å². The van der Waals surface area contributed by atoms with Crippen LogP contribution in [0.4, 0.5) is 0 Å². The van der Waals surface area contributed by atoms with E-state index < -0.39 is 0 Å². The number of methoxy groups -OCH3 is 1. The fourth-order valence-electron chi connectivity index (χ4n) is 3.24. The molecule has 1 aromatic carbocycles. The van der Waals surface area contributed by atoms with E-state index in [0.717, 1.165) is 38.3 Å². The molecule has 3 rings (SSSR count). The Hall–Kier alpha value is -1.99. The maximum atomic E-state index is 11.6. The van der Waals surface area contributed by atoms with Crippen molar-refractivity contribution in [1.82, 2.24) is 14.3 Å². The zero-order valence-corrected chi connectivity index (χ0v) is 14.9. The van der Waals surface area contributed by atoms with Crippen molar-refractivity contribution < 1.29 is 14.4 Å². The Morgan fingerprint density at radius 3 is 2.75 bits per heavy atom. The molecular weight excluding hydrogens is 324 g/mol. The van der Waals surface area contributed by atoms with Crippen LogP contribution in [0.25, 0.3) is 5.69 Å². The second-order valence-corrected chi connectivity index (χ2v) is 6.64. The molecular formula is C17H23N4O2S+. The highest BCUT2D eigenvalue weighted by atomic mass is 32.1. The average Bonchev–Trinajstić information content (AvgIpc) is 2.96. The quantitative estimate of drug-likeness (QED) is 0.666. The van der Waals surface area contributed by atoms with E-state index in [4.69, 9.17) is 17.0 Å². The molecule has 1 fully saturated rings. The Bertz CT molecular complexity index is 775. The highest BCUT2D eigenvalue weighted by Gasteiger charge is 2.28. The monoisotopic (exact) mass is 347 g/mol. The van der Waals surface area contributed by atoms with Crippen molar-refractivity contribution in [3.8, 4) is 5.69 Å². The van der Waals surface area contributed by atoms with Gasteiger partial charge in [0.1, 0.15) is 6.33 Å². The van der Waals surface area contributed by atoms with Gasteiger partial charge in [0.15, 0.2) is 6.67 Å². The van der Waals surface area contributed by atoms with E-state index in [2.05, 4.69) is 18.1 Å². The number of rotatable bonds is 4. The number of aryl methyl sites for hydroxylation is 1. The molecule has 0 saturated carbocycles. The minimum atomic E-state index is -0.0884. The number of carbonyl (C=O) groups is 1. The molecule has 0 amide bonds. The first kappa shape index (κ1) is 16.9. The van der Waals surface area contributed by atoms with Crippen LogP contribution in [-0.4, -0.2) is 40.5 Å². The largest absolute Gasteiger partial charge is 0.469 e. The molecule has 0 radical (unpaired) electrons. The third-order valence-electron chi connectivity index (χ3n) is 4.71. The molecule has 0 bridgehead atoms. The molecule has 0 atom stereocenters. The predicted molar refractivity (Wildman–Crippen MR) is 92.6 cm³/mol. The van der Waals surface area contributed by atoms with Gasteiger partial charge in [-0.25, -0.2) is 0 Å². The van der Waals surface area contributed by atoms with Crippen LogP contribution in [-0.2, 0) is 16.2 Å². The minimum Gasteiger partial charge on any atom is -0.469 e. The van der Waals surface area contributed by atoms with E-state index in [0.29, 0.717) is 4.77 Å². The lowest BCUT2D eigenvalue weighted by Gasteiger charge is -2.27. The summed E-state index contributed by atoms with van der Waals surface area (Å²) in [5.41, 5.74) is 2.23. The van der Waals surface area contributed by atoms with Crippen LogP contribution >= 0.6 is 12.2 Å². The van der Waals surface area contributed by atoms with Crippen LogP contribution in [0.3, 0.4) is 0 Å². The lowest BCUT2D eigenvalue weighted by atomic mass is 9.97. The molecule has 0 aliphatic carbocycles. The van der Waals surface area contributed by atoms with Gasteiger partial charge in [0, 0.05) is 12.8 Å². The van der Waals surface area contributed by atoms with E-state index in [1.54, 1.807) is 6.33 Å². The van der Waals surface area contributed by atoms with Gasteiger partial charge in [-0.15, -0.1) is 0 Å². The molecule has 1 N–H and O–H groups in total. The summed E-state index contributed by atoms with van der Waals surface area (Å²) in [4.78, 5) is 13.0. The number of hydrogen-bond acceptors (Lipinski definition) is 4. The number of carbonyl (C=O) groups excluding carboxylic acids is 1. The van der Waals surface area contributed by atoms with Crippen LogP contribution in [0.2, 0.25) is 0 Å².